The van der Waals surface area contributed by atoms with Gasteiger partial charge in [0.15, 0.2) is 0 Å². The van der Waals surface area contributed by atoms with Gasteiger partial charge in [0.1, 0.15) is 0 Å². The Labute approximate surface area is 132 Å². The number of hydrogen-bond donors (Lipinski definition) is 1. The molecule has 3 nitrogen and oxygen atoms in total. The monoisotopic (exact) mass is 400 g/mol. The van der Waals surface area contributed by atoms with E-state index in [-0.39, 0.29) is 18.3 Å². The highest BCUT2D eigenvalue weighted by Crippen LogP contribution is 2.23. The summed E-state index contributed by atoms with van der Waals surface area (Å²) >= 11 is 8.09. The molecule has 0 radical (unpaired) electrons. The quantitative estimate of drug-likeness (QED) is 0.776. The molecule has 2 N–H and O–H groups in total. The van der Waals surface area contributed by atoms with E-state index in [4.69, 9.17) is 17.3 Å². The lowest BCUT2D eigenvalue weighted by Gasteiger charge is -2.17. The number of hydrogen-bond acceptors (Lipinski definition) is 2. The molecule has 0 spiro atoms. The Balaban J connectivity index is 0.00000162. The molecule has 1 heterocycles. The summed E-state index contributed by atoms with van der Waals surface area (Å²) in [5, 5.41) is 0.600. The number of carbonyl (C=O) groups excluding carboxylic acids is 1. The van der Waals surface area contributed by atoms with Crippen LogP contribution >= 0.6 is 46.6 Å². The summed E-state index contributed by atoms with van der Waals surface area (Å²) in [5.74, 6) is 0.503. The van der Waals surface area contributed by atoms with Crippen LogP contribution in [0.15, 0.2) is 18.2 Å². The van der Waals surface area contributed by atoms with Crippen molar-refractivity contribution >= 4 is 52.5 Å². The molecule has 1 amide bonds. The van der Waals surface area contributed by atoms with Gasteiger partial charge in [-0.05, 0) is 59.7 Å². The van der Waals surface area contributed by atoms with Gasteiger partial charge in [0.2, 0.25) is 0 Å². The fourth-order valence-corrected chi connectivity index (χ4v) is 2.78. The summed E-state index contributed by atoms with van der Waals surface area (Å²) in [6, 6.07) is 5.40. The molecule has 2 rings (SSSR count). The SMILES string of the molecule is Cl.NCC1CCN(C(=O)c2cc(Cl)ccc2I)C1. The Morgan fingerprint density at radius 1 is 1.56 bits per heavy atom. The summed E-state index contributed by atoms with van der Waals surface area (Å²) < 4.78 is 0.938. The zero-order valence-electron chi connectivity index (χ0n) is 9.73. The minimum absolute atomic E-state index is 0. The molecule has 1 unspecified atom stereocenters. The topological polar surface area (TPSA) is 46.3 Å². The van der Waals surface area contributed by atoms with Gasteiger partial charge in [0, 0.05) is 21.7 Å². The van der Waals surface area contributed by atoms with Crippen LogP contribution in [0.5, 0.6) is 0 Å². The van der Waals surface area contributed by atoms with E-state index in [2.05, 4.69) is 22.6 Å². The van der Waals surface area contributed by atoms with Gasteiger partial charge in [-0.3, -0.25) is 4.79 Å². The molecule has 1 aromatic rings. The van der Waals surface area contributed by atoms with Gasteiger partial charge >= 0.3 is 0 Å². The average Bonchev–Trinajstić information content (AvgIpc) is 2.80. The minimum Gasteiger partial charge on any atom is -0.338 e. The maximum absolute atomic E-state index is 12.3. The third-order valence-electron chi connectivity index (χ3n) is 3.07. The average molecular weight is 401 g/mol. The van der Waals surface area contributed by atoms with Crippen LogP contribution in [0.4, 0.5) is 0 Å². The van der Waals surface area contributed by atoms with Crippen molar-refractivity contribution in [2.24, 2.45) is 11.7 Å². The smallest absolute Gasteiger partial charge is 0.254 e. The van der Waals surface area contributed by atoms with Crippen LogP contribution in [0.2, 0.25) is 5.02 Å². The van der Waals surface area contributed by atoms with Crippen molar-refractivity contribution in [1.29, 1.82) is 0 Å². The Morgan fingerprint density at radius 2 is 2.28 bits per heavy atom. The first kappa shape index (κ1) is 16.0. The highest BCUT2D eigenvalue weighted by Gasteiger charge is 2.27. The van der Waals surface area contributed by atoms with Crippen LogP contribution in [0.1, 0.15) is 16.8 Å². The first-order valence-electron chi connectivity index (χ1n) is 5.56. The Bertz CT molecular complexity index is 442. The zero-order valence-corrected chi connectivity index (χ0v) is 13.5. The van der Waals surface area contributed by atoms with Crippen molar-refractivity contribution in [3.05, 3.63) is 32.4 Å². The predicted octanol–water partition coefficient (Wildman–Crippen LogP) is 2.79. The number of amides is 1. The van der Waals surface area contributed by atoms with E-state index in [0.29, 0.717) is 23.0 Å². The van der Waals surface area contributed by atoms with Crippen molar-refractivity contribution in [1.82, 2.24) is 4.90 Å². The molecule has 1 atom stereocenters. The van der Waals surface area contributed by atoms with E-state index in [0.717, 1.165) is 23.1 Å². The van der Waals surface area contributed by atoms with Gasteiger partial charge in [0.05, 0.1) is 5.56 Å². The molecule has 1 aliphatic rings. The second kappa shape index (κ2) is 6.93. The molecule has 1 aliphatic heterocycles. The number of likely N-dealkylation sites (tertiary alicyclic amines) is 1. The van der Waals surface area contributed by atoms with Crippen LogP contribution in [0.3, 0.4) is 0 Å². The van der Waals surface area contributed by atoms with E-state index < -0.39 is 0 Å². The molecule has 18 heavy (non-hydrogen) atoms. The molecular weight excluding hydrogens is 386 g/mol. The molecule has 100 valence electrons. The molecule has 1 fully saturated rings. The predicted molar refractivity (Wildman–Crippen MR) is 84.5 cm³/mol. The first-order chi connectivity index (χ1) is 8.11. The van der Waals surface area contributed by atoms with Crippen LogP contribution in [-0.4, -0.2) is 30.4 Å². The number of nitrogens with two attached hydrogens (primary N) is 1. The molecule has 0 aromatic heterocycles. The maximum Gasteiger partial charge on any atom is 0.254 e. The van der Waals surface area contributed by atoms with E-state index in [1.165, 1.54) is 0 Å². The molecule has 0 aliphatic carbocycles. The van der Waals surface area contributed by atoms with Crippen LogP contribution in [0, 0.1) is 9.49 Å². The van der Waals surface area contributed by atoms with Crippen LogP contribution in [-0.2, 0) is 0 Å². The normalized spacial score (nSPS) is 18.6. The molecule has 0 saturated carbocycles. The van der Waals surface area contributed by atoms with E-state index in [1.54, 1.807) is 12.1 Å². The van der Waals surface area contributed by atoms with E-state index in [9.17, 15) is 4.79 Å². The standard InChI is InChI=1S/C12H14ClIN2O.ClH/c13-9-1-2-11(14)10(5-9)12(17)16-4-3-8(6-15)7-16;/h1-2,5,8H,3-4,6-7,15H2;1H. The number of benzene rings is 1. The Hall–Kier alpha value is -0.0400. The largest absolute Gasteiger partial charge is 0.338 e. The van der Waals surface area contributed by atoms with Crippen molar-refractivity contribution in [2.75, 3.05) is 19.6 Å². The third kappa shape index (κ3) is 3.50. The molecule has 0 bridgehead atoms. The van der Waals surface area contributed by atoms with Gasteiger partial charge in [-0.1, -0.05) is 11.6 Å². The summed E-state index contributed by atoms with van der Waals surface area (Å²) in [7, 11) is 0. The summed E-state index contributed by atoms with van der Waals surface area (Å²) in [6.07, 6.45) is 0.999. The van der Waals surface area contributed by atoms with Crippen molar-refractivity contribution in [2.45, 2.75) is 6.42 Å². The number of halogens is 3. The number of nitrogens with zero attached hydrogens (tertiary/aromatic N) is 1. The lowest BCUT2D eigenvalue weighted by molar-refractivity contribution is 0.0786. The highest BCUT2D eigenvalue weighted by atomic mass is 127. The third-order valence-corrected chi connectivity index (χ3v) is 4.24. The fraction of sp³-hybridized carbons (Fsp3) is 0.417. The lowest BCUT2D eigenvalue weighted by atomic mass is 10.1. The van der Waals surface area contributed by atoms with Crippen LogP contribution in [0.25, 0.3) is 0 Å². The number of rotatable bonds is 2. The minimum atomic E-state index is 0. The highest BCUT2D eigenvalue weighted by molar-refractivity contribution is 14.1. The fourth-order valence-electron chi connectivity index (χ4n) is 2.04. The molecule has 1 saturated heterocycles. The summed E-state index contributed by atoms with van der Waals surface area (Å²) in [4.78, 5) is 14.2. The van der Waals surface area contributed by atoms with E-state index in [1.807, 2.05) is 11.0 Å². The van der Waals surface area contributed by atoms with Gasteiger partial charge in [0.25, 0.3) is 5.91 Å². The maximum atomic E-state index is 12.3. The molecular formula is C12H15Cl2IN2O. The van der Waals surface area contributed by atoms with Gasteiger partial charge < -0.3 is 10.6 Å². The zero-order chi connectivity index (χ0) is 12.4. The lowest BCUT2D eigenvalue weighted by Crippen LogP contribution is -2.30. The first-order valence-corrected chi connectivity index (χ1v) is 7.02. The molecule has 6 heteroatoms. The van der Waals surface area contributed by atoms with Crippen molar-refractivity contribution < 1.29 is 4.79 Å². The van der Waals surface area contributed by atoms with E-state index >= 15 is 0 Å². The van der Waals surface area contributed by atoms with Gasteiger partial charge in [-0.25, -0.2) is 0 Å². The van der Waals surface area contributed by atoms with Gasteiger partial charge in [-0.15, -0.1) is 12.4 Å². The number of carbonyl (C=O) groups is 1. The van der Waals surface area contributed by atoms with Gasteiger partial charge in [-0.2, -0.15) is 0 Å². The second-order valence-corrected chi connectivity index (χ2v) is 5.86. The molecule has 1 aromatic carbocycles. The summed E-state index contributed by atoms with van der Waals surface area (Å²) in [6.45, 7) is 2.21. The Kier molecular flexibility index (Phi) is 6.17. The van der Waals surface area contributed by atoms with Crippen molar-refractivity contribution in [3.8, 4) is 0 Å². The van der Waals surface area contributed by atoms with Crippen molar-refractivity contribution in [3.63, 3.8) is 0 Å². The van der Waals surface area contributed by atoms with Crippen LogP contribution < -0.4 is 5.73 Å². The summed E-state index contributed by atoms with van der Waals surface area (Å²) in [5.41, 5.74) is 6.32. The Morgan fingerprint density at radius 3 is 2.89 bits per heavy atom. The second-order valence-electron chi connectivity index (χ2n) is 4.27.